The van der Waals surface area contributed by atoms with Crippen LogP contribution in [0.2, 0.25) is 10.0 Å². The summed E-state index contributed by atoms with van der Waals surface area (Å²) in [6.07, 6.45) is 2.55. The Hall–Kier alpha value is -2.48. The molecule has 1 fully saturated rings. The lowest BCUT2D eigenvalue weighted by molar-refractivity contribution is 0.0994. The number of urea groups is 1. The molecule has 1 aromatic heterocycles. The highest BCUT2D eigenvalue weighted by Crippen LogP contribution is 2.36. The number of hydrogen-bond acceptors (Lipinski definition) is 5. The van der Waals surface area contributed by atoms with Crippen molar-refractivity contribution >= 4 is 35.1 Å². The van der Waals surface area contributed by atoms with Crippen molar-refractivity contribution in [2.45, 2.75) is 38.1 Å². The second kappa shape index (κ2) is 8.71. The maximum Gasteiger partial charge on any atom is 0.329 e. The summed E-state index contributed by atoms with van der Waals surface area (Å²) in [5, 5.41) is 15.6. The Bertz CT molecular complexity index is 959. The summed E-state index contributed by atoms with van der Waals surface area (Å²) in [5.41, 5.74) is -0.514. The lowest BCUT2D eigenvalue weighted by Gasteiger charge is -2.24. The number of nitrogens with zero attached hydrogens (tertiary/aromatic N) is 3. The van der Waals surface area contributed by atoms with Gasteiger partial charge in [0.2, 0.25) is 5.88 Å². The topological polar surface area (TPSA) is 79.0 Å². The van der Waals surface area contributed by atoms with E-state index in [-0.39, 0.29) is 12.4 Å². The fourth-order valence-corrected chi connectivity index (χ4v) is 3.72. The number of rotatable bonds is 8. The van der Waals surface area contributed by atoms with Crippen molar-refractivity contribution in [2.24, 2.45) is 0 Å². The Kier molecular flexibility index (Phi) is 6.45. The lowest BCUT2D eigenvalue weighted by Crippen LogP contribution is -2.36. The van der Waals surface area contributed by atoms with Gasteiger partial charge in [-0.3, -0.25) is 0 Å². The van der Waals surface area contributed by atoms with Gasteiger partial charge in [-0.1, -0.05) is 40.5 Å². The van der Waals surface area contributed by atoms with Crippen molar-refractivity contribution in [3.63, 3.8) is 0 Å². The standard InChI is InChI=1S/C21H23Cl2N3O4/c1-5-7-15-19(27)26(20(28)25(15)10-6-2)18-12-17(24-30-18)21(3,4)29-16-9-8-13(22)11-14(16)23/h5-6,8-9,11-12,15,19,27H,1-2,7,10H2,3-4H3. The minimum Gasteiger partial charge on any atom is -0.480 e. The average molecular weight is 452 g/mol. The van der Waals surface area contributed by atoms with E-state index >= 15 is 0 Å². The predicted octanol–water partition coefficient (Wildman–Crippen LogP) is 4.99. The van der Waals surface area contributed by atoms with Crippen molar-refractivity contribution < 1.29 is 19.2 Å². The highest BCUT2D eigenvalue weighted by Gasteiger charge is 2.46. The molecular formula is C21H23Cl2N3O4. The Morgan fingerprint density at radius 1 is 1.30 bits per heavy atom. The largest absolute Gasteiger partial charge is 0.480 e. The number of amides is 2. The van der Waals surface area contributed by atoms with E-state index in [1.54, 1.807) is 50.3 Å². The van der Waals surface area contributed by atoms with Gasteiger partial charge in [0, 0.05) is 17.6 Å². The molecule has 1 saturated heterocycles. The average Bonchev–Trinajstić information content (AvgIpc) is 3.24. The van der Waals surface area contributed by atoms with Gasteiger partial charge in [-0.05, 0) is 38.5 Å². The fraction of sp³-hybridized carbons (Fsp3) is 0.333. The van der Waals surface area contributed by atoms with Crippen molar-refractivity contribution in [1.82, 2.24) is 10.1 Å². The molecule has 2 atom stereocenters. The second-order valence-electron chi connectivity index (χ2n) is 7.34. The molecule has 0 aliphatic carbocycles. The van der Waals surface area contributed by atoms with E-state index in [1.807, 2.05) is 0 Å². The van der Waals surface area contributed by atoms with Crippen LogP contribution in [-0.4, -0.2) is 40.0 Å². The van der Waals surface area contributed by atoms with Crippen LogP contribution in [0.3, 0.4) is 0 Å². The molecule has 2 unspecified atom stereocenters. The van der Waals surface area contributed by atoms with Gasteiger partial charge in [0.25, 0.3) is 0 Å². The first-order valence-electron chi connectivity index (χ1n) is 9.30. The van der Waals surface area contributed by atoms with Crippen LogP contribution >= 0.6 is 23.2 Å². The Labute approximate surface area is 185 Å². The van der Waals surface area contributed by atoms with E-state index in [4.69, 9.17) is 32.5 Å². The van der Waals surface area contributed by atoms with Gasteiger partial charge in [-0.2, -0.15) is 0 Å². The molecule has 2 aromatic rings. The maximum atomic E-state index is 12.9. The van der Waals surface area contributed by atoms with E-state index in [1.165, 1.54) is 9.80 Å². The molecule has 1 aliphatic heterocycles. The van der Waals surface area contributed by atoms with Gasteiger partial charge >= 0.3 is 6.03 Å². The van der Waals surface area contributed by atoms with Crippen molar-refractivity contribution in [3.05, 3.63) is 65.3 Å². The number of carbonyl (C=O) groups excluding carboxylic acids is 1. The van der Waals surface area contributed by atoms with Crippen LogP contribution in [-0.2, 0) is 5.60 Å². The van der Waals surface area contributed by atoms with Gasteiger partial charge in [0.05, 0.1) is 11.1 Å². The summed E-state index contributed by atoms with van der Waals surface area (Å²) in [4.78, 5) is 15.6. The third-order valence-electron chi connectivity index (χ3n) is 4.81. The van der Waals surface area contributed by atoms with E-state index in [9.17, 15) is 9.90 Å². The molecule has 3 rings (SSSR count). The number of halogens is 2. The van der Waals surface area contributed by atoms with Crippen molar-refractivity contribution in [1.29, 1.82) is 0 Å². The molecule has 0 saturated carbocycles. The van der Waals surface area contributed by atoms with Crippen LogP contribution in [0.25, 0.3) is 0 Å². The van der Waals surface area contributed by atoms with E-state index in [0.717, 1.165) is 0 Å². The van der Waals surface area contributed by atoms with Gasteiger partial charge in [0.15, 0.2) is 6.23 Å². The Morgan fingerprint density at radius 3 is 2.67 bits per heavy atom. The summed E-state index contributed by atoms with van der Waals surface area (Å²) in [6.45, 7) is 11.2. The lowest BCUT2D eigenvalue weighted by atomic mass is 10.1. The molecule has 1 aromatic carbocycles. The summed E-state index contributed by atoms with van der Waals surface area (Å²) in [5.74, 6) is 0.540. The molecule has 160 valence electrons. The second-order valence-corrected chi connectivity index (χ2v) is 8.18. The quantitative estimate of drug-likeness (QED) is 0.572. The first kappa shape index (κ1) is 22.2. The molecule has 9 heteroatoms. The number of anilines is 1. The number of hydrogen-bond donors (Lipinski definition) is 1. The highest BCUT2D eigenvalue weighted by atomic mass is 35.5. The zero-order valence-corrected chi connectivity index (χ0v) is 18.2. The number of aromatic nitrogens is 1. The number of aliphatic hydroxyl groups excluding tert-OH is 1. The zero-order chi connectivity index (χ0) is 22.1. The summed E-state index contributed by atoms with van der Waals surface area (Å²) in [7, 11) is 0. The Morgan fingerprint density at radius 2 is 2.03 bits per heavy atom. The molecule has 7 nitrogen and oxygen atoms in total. The molecule has 2 amide bonds. The molecular weight excluding hydrogens is 429 g/mol. The Balaban J connectivity index is 1.86. The third kappa shape index (κ3) is 4.19. The first-order chi connectivity index (χ1) is 14.2. The molecule has 1 N–H and O–H groups in total. The van der Waals surface area contributed by atoms with Gasteiger partial charge < -0.3 is 19.3 Å². The molecule has 0 bridgehead atoms. The van der Waals surface area contributed by atoms with Crippen LogP contribution in [0.1, 0.15) is 26.0 Å². The van der Waals surface area contributed by atoms with Gasteiger partial charge in [0.1, 0.15) is 17.0 Å². The summed E-state index contributed by atoms with van der Waals surface area (Å²) < 4.78 is 11.4. The van der Waals surface area contributed by atoms with Crippen LogP contribution < -0.4 is 9.64 Å². The highest BCUT2D eigenvalue weighted by molar-refractivity contribution is 6.35. The van der Waals surface area contributed by atoms with Gasteiger partial charge in [-0.15, -0.1) is 13.2 Å². The van der Waals surface area contributed by atoms with Crippen molar-refractivity contribution in [2.75, 3.05) is 11.4 Å². The summed E-state index contributed by atoms with van der Waals surface area (Å²) in [6, 6.07) is 5.59. The first-order valence-corrected chi connectivity index (χ1v) is 10.1. The number of aliphatic hydroxyl groups is 1. The monoisotopic (exact) mass is 451 g/mol. The van der Waals surface area contributed by atoms with Crippen LogP contribution in [0, 0.1) is 0 Å². The normalized spacial score (nSPS) is 19.3. The van der Waals surface area contributed by atoms with Crippen LogP contribution in [0.5, 0.6) is 5.75 Å². The minimum absolute atomic E-state index is 0.113. The molecule has 0 radical (unpaired) electrons. The van der Waals surface area contributed by atoms with E-state index in [0.29, 0.717) is 27.9 Å². The molecule has 0 spiro atoms. The minimum atomic E-state index is -1.12. The fourth-order valence-electron chi connectivity index (χ4n) is 3.27. The maximum absolute atomic E-state index is 12.9. The third-order valence-corrected chi connectivity index (χ3v) is 5.34. The SMILES string of the molecule is C=CCC1C(O)N(c2cc(C(C)(C)Oc3ccc(Cl)cc3Cl)no2)C(=O)N1CC=C. The molecule has 2 heterocycles. The number of benzene rings is 1. The van der Waals surface area contributed by atoms with Crippen LogP contribution in [0.15, 0.2) is 54.1 Å². The molecule has 1 aliphatic rings. The predicted molar refractivity (Wildman–Crippen MR) is 116 cm³/mol. The van der Waals surface area contributed by atoms with Crippen molar-refractivity contribution in [3.8, 4) is 5.75 Å². The number of ether oxygens (including phenoxy) is 1. The van der Waals surface area contributed by atoms with E-state index in [2.05, 4.69) is 18.3 Å². The smallest absolute Gasteiger partial charge is 0.329 e. The zero-order valence-electron chi connectivity index (χ0n) is 16.7. The number of carbonyl (C=O) groups is 1. The van der Waals surface area contributed by atoms with Crippen LogP contribution in [0.4, 0.5) is 10.7 Å². The van der Waals surface area contributed by atoms with E-state index < -0.39 is 23.9 Å². The van der Waals surface area contributed by atoms with Gasteiger partial charge in [-0.25, -0.2) is 9.69 Å². The molecule has 30 heavy (non-hydrogen) atoms. The summed E-state index contributed by atoms with van der Waals surface area (Å²) >= 11 is 12.1.